The highest BCUT2D eigenvalue weighted by atomic mass is 79.9. The molecule has 1 heterocycles. The lowest BCUT2D eigenvalue weighted by molar-refractivity contribution is 1.36. The summed E-state index contributed by atoms with van der Waals surface area (Å²) in [5.74, 6) is 0. The number of nitriles is 1. The first-order valence-electron chi connectivity index (χ1n) is 1.72. The Balaban J connectivity index is 3.15. The number of nitrogens with zero attached hydrogens (tertiary/aromatic N) is 3. The van der Waals surface area contributed by atoms with Crippen LogP contribution < -0.4 is 0 Å². The van der Waals surface area contributed by atoms with Gasteiger partial charge < -0.3 is 0 Å². The molecule has 1 rings (SSSR count). The highest BCUT2D eigenvalue weighted by Crippen LogP contribution is 2.10. The lowest BCUT2D eigenvalue weighted by Crippen LogP contribution is -1.69. The molecule has 1 aromatic rings. The van der Waals surface area contributed by atoms with Gasteiger partial charge in [0, 0.05) is 0 Å². The van der Waals surface area contributed by atoms with E-state index in [1.807, 2.05) is 6.07 Å². The molecule has 0 unspecified atom stereocenters. The summed E-state index contributed by atoms with van der Waals surface area (Å²) < 4.78 is 7.90. The van der Waals surface area contributed by atoms with Gasteiger partial charge in [0.05, 0.1) is 11.7 Å². The van der Waals surface area contributed by atoms with Gasteiger partial charge in [0.1, 0.15) is 6.07 Å². The smallest absolute Gasteiger partial charge is 0.188 e. The van der Waals surface area contributed by atoms with Crippen LogP contribution in [0.2, 0.25) is 0 Å². The normalized spacial score (nSPS) is 8.50. The molecule has 0 saturated carbocycles. The van der Waals surface area contributed by atoms with E-state index in [1.54, 1.807) is 0 Å². The van der Waals surface area contributed by atoms with Crippen molar-refractivity contribution in [3.8, 4) is 6.07 Å². The van der Waals surface area contributed by atoms with Crippen LogP contribution in [0, 0.1) is 11.3 Å². The summed E-state index contributed by atoms with van der Waals surface area (Å²) >= 11 is 4.06. The number of aromatic nitrogens is 2. The average molecular weight is 190 g/mol. The maximum atomic E-state index is 8.23. The standard InChI is InChI=1S/C3BrN3S/c4-3-2(1-5)6-8-7-3. The van der Waals surface area contributed by atoms with Crippen LogP contribution in [0.5, 0.6) is 0 Å². The van der Waals surface area contributed by atoms with Crippen molar-refractivity contribution in [2.45, 2.75) is 0 Å². The molecule has 0 aliphatic heterocycles. The van der Waals surface area contributed by atoms with Crippen LogP contribution in [0.3, 0.4) is 0 Å². The van der Waals surface area contributed by atoms with Gasteiger partial charge in [-0.3, -0.25) is 0 Å². The van der Waals surface area contributed by atoms with Crippen molar-refractivity contribution in [3.63, 3.8) is 0 Å². The maximum absolute atomic E-state index is 8.23. The minimum absolute atomic E-state index is 0.356. The van der Waals surface area contributed by atoms with Crippen LogP contribution in [0.4, 0.5) is 0 Å². The van der Waals surface area contributed by atoms with E-state index in [2.05, 4.69) is 24.7 Å². The summed E-state index contributed by atoms with van der Waals surface area (Å²) in [7, 11) is 0. The van der Waals surface area contributed by atoms with E-state index in [9.17, 15) is 0 Å². The number of hydrogen-bond acceptors (Lipinski definition) is 4. The zero-order chi connectivity index (χ0) is 5.98. The third-order valence-electron chi connectivity index (χ3n) is 0.554. The van der Waals surface area contributed by atoms with Crippen molar-refractivity contribution in [3.05, 3.63) is 10.3 Å². The second-order valence-corrected chi connectivity index (χ2v) is 2.30. The molecule has 0 saturated heterocycles. The first-order chi connectivity index (χ1) is 3.84. The molecule has 0 spiro atoms. The van der Waals surface area contributed by atoms with Crippen molar-refractivity contribution < 1.29 is 0 Å². The van der Waals surface area contributed by atoms with E-state index < -0.39 is 0 Å². The van der Waals surface area contributed by atoms with E-state index >= 15 is 0 Å². The van der Waals surface area contributed by atoms with Gasteiger partial charge in [0.15, 0.2) is 10.3 Å². The Morgan fingerprint density at radius 1 is 1.62 bits per heavy atom. The predicted molar refractivity (Wildman–Crippen MR) is 32.3 cm³/mol. The second kappa shape index (κ2) is 2.20. The Labute approximate surface area is 58.4 Å². The summed E-state index contributed by atoms with van der Waals surface area (Å²) in [6, 6.07) is 1.87. The second-order valence-electron chi connectivity index (χ2n) is 1.02. The lowest BCUT2D eigenvalue weighted by Gasteiger charge is -1.69. The Morgan fingerprint density at radius 3 is 2.62 bits per heavy atom. The maximum Gasteiger partial charge on any atom is 0.188 e. The molecule has 3 nitrogen and oxygen atoms in total. The van der Waals surface area contributed by atoms with Gasteiger partial charge in [-0.05, 0) is 15.9 Å². The largest absolute Gasteiger partial charge is 0.191 e. The summed E-state index contributed by atoms with van der Waals surface area (Å²) in [6.07, 6.45) is 0. The first-order valence-corrected chi connectivity index (χ1v) is 3.25. The predicted octanol–water partition coefficient (Wildman–Crippen LogP) is 1.17. The Hall–Kier alpha value is -0.470. The Morgan fingerprint density at radius 2 is 2.38 bits per heavy atom. The van der Waals surface area contributed by atoms with Gasteiger partial charge >= 0.3 is 0 Å². The van der Waals surface area contributed by atoms with Crippen molar-refractivity contribution >= 4 is 27.7 Å². The van der Waals surface area contributed by atoms with E-state index in [-0.39, 0.29) is 0 Å². The minimum atomic E-state index is 0.356. The van der Waals surface area contributed by atoms with Crippen LogP contribution in [0.25, 0.3) is 0 Å². The van der Waals surface area contributed by atoms with Crippen molar-refractivity contribution in [1.29, 1.82) is 5.26 Å². The molecule has 0 aliphatic carbocycles. The summed E-state index contributed by atoms with van der Waals surface area (Å²) in [4.78, 5) is 0. The van der Waals surface area contributed by atoms with Crippen molar-refractivity contribution in [2.75, 3.05) is 0 Å². The van der Waals surface area contributed by atoms with Gasteiger partial charge in [-0.1, -0.05) is 0 Å². The molecule has 8 heavy (non-hydrogen) atoms. The molecule has 0 bridgehead atoms. The molecule has 0 atom stereocenters. The zero-order valence-corrected chi connectivity index (χ0v) is 6.03. The van der Waals surface area contributed by atoms with Crippen LogP contribution >= 0.6 is 27.7 Å². The fourth-order valence-electron chi connectivity index (χ4n) is 0.245. The van der Waals surface area contributed by atoms with Gasteiger partial charge in [0.25, 0.3) is 0 Å². The third-order valence-corrected chi connectivity index (χ3v) is 1.87. The fraction of sp³-hybridized carbons (Fsp3) is 0. The third kappa shape index (κ3) is 0.854. The fourth-order valence-corrected chi connectivity index (χ4v) is 1.14. The molecule has 0 fully saturated rings. The van der Waals surface area contributed by atoms with Gasteiger partial charge in [-0.2, -0.15) is 14.0 Å². The molecular weight excluding hydrogens is 190 g/mol. The molecule has 0 aliphatic rings. The average Bonchev–Trinajstić information content (AvgIpc) is 2.14. The SMILES string of the molecule is N#Cc1nsnc1Br. The first kappa shape index (κ1) is 5.66. The molecule has 0 radical (unpaired) electrons. The topological polar surface area (TPSA) is 49.6 Å². The molecule has 40 valence electrons. The minimum Gasteiger partial charge on any atom is -0.191 e. The molecule has 0 aromatic carbocycles. The molecule has 1 aromatic heterocycles. The molecule has 0 N–H and O–H groups in total. The quantitative estimate of drug-likeness (QED) is 0.616. The highest BCUT2D eigenvalue weighted by molar-refractivity contribution is 9.10. The van der Waals surface area contributed by atoms with Crippen LogP contribution in [0.15, 0.2) is 4.60 Å². The Bertz CT molecular complexity index is 225. The zero-order valence-electron chi connectivity index (χ0n) is 3.63. The van der Waals surface area contributed by atoms with E-state index in [0.717, 1.165) is 11.7 Å². The van der Waals surface area contributed by atoms with Gasteiger partial charge in [0.2, 0.25) is 0 Å². The van der Waals surface area contributed by atoms with Crippen LogP contribution in [-0.2, 0) is 0 Å². The van der Waals surface area contributed by atoms with Gasteiger partial charge in [-0.15, -0.1) is 0 Å². The highest BCUT2D eigenvalue weighted by Gasteiger charge is 1.99. The van der Waals surface area contributed by atoms with Crippen LogP contribution in [0.1, 0.15) is 5.69 Å². The lowest BCUT2D eigenvalue weighted by atomic mass is 10.6. The molecule has 0 amide bonds. The number of halogens is 1. The summed E-state index contributed by atoms with van der Waals surface area (Å²) in [5, 5.41) is 8.23. The monoisotopic (exact) mass is 189 g/mol. The van der Waals surface area contributed by atoms with E-state index in [1.165, 1.54) is 0 Å². The Kier molecular flexibility index (Phi) is 1.56. The van der Waals surface area contributed by atoms with Crippen molar-refractivity contribution in [1.82, 2.24) is 8.75 Å². The summed E-state index contributed by atoms with van der Waals surface area (Å²) in [5.41, 5.74) is 0.356. The number of rotatable bonds is 0. The number of hydrogen-bond donors (Lipinski definition) is 0. The summed E-state index contributed by atoms with van der Waals surface area (Å²) in [6.45, 7) is 0. The van der Waals surface area contributed by atoms with Crippen molar-refractivity contribution in [2.24, 2.45) is 0 Å². The molecule has 5 heteroatoms. The molecular formula is C3BrN3S. The van der Waals surface area contributed by atoms with Gasteiger partial charge in [-0.25, -0.2) is 0 Å². The van der Waals surface area contributed by atoms with Crippen LogP contribution in [-0.4, -0.2) is 8.75 Å². The van der Waals surface area contributed by atoms with E-state index in [0.29, 0.717) is 10.3 Å². The van der Waals surface area contributed by atoms with E-state index in [4.69, 9.17) is 5.26 Å².